The van der Waals surface area contributed by atoms with E-state index in [1.54, 1.807) is 44.2 Å². The van der Waals surface area contributed by atoms with Gasteiger partial charge in [0.15, 0.2) is 5.82 Å². The van der Waals surface area contributed by atoms with E-state index in [0.717, 1.165) is 28.5 Å². The lowest BCUT2D eigenvalue weighted by Crippen LogP contribution is -2.23. The number of aromatic nitrogens is 2. The Kier molecular flexibility index (Phi) is 9.29. The maximum atomic E-state index is 13.7. The van der Waals surface area contributed by atoms with Crippen LogP contribution in [0.2, 0.25) is 5.02 Å². The van der Waals surface area contributed by atoms with Gasteiger partial charge in [-0.25, -0.2) is 4.98 Å². The molecule has 5 aromatic rings. The summed E-state index contributed by atoms with van der Waals surface area (Å²) in [6, 6.07) is 17.3. The quantitative estimate of drug-likeness (QED) is 0.175. The van der Waals surface area contributed by atoms with Crippen LogP contribution in [0.3, 0.4) is 0 Å². The van der Waals surface area contributed by atoms with Gasteiger partial charge in [0.05, 0.1) is 16.7 Å². The number of fused-ring (bicyclic) bond motifs is 1. The first kappa shape index (κ1) is 33.4. The number of carbonyl (C=O) groups excluding carboxylic acids is 2. The average Bonchev–Trinajstić information content (AvgIpc) is 3.34. The molecular weight excluding hydrogens is 661 g/mol. The highest BCUT2D eigenvalue weighted by Gasteiger charge is 2.35. The van der Waals surface area contributed by atoms with Crippen LogP contribution in [-0.4, -0.2) is 37.1 Å². The Morgan fingerprint density at radius 1 is 0.915 bits per heavy atom. The van der Waals surface area contributed by atoms with Crippen molar-refractivity contribution in [1.82, 2.24) is 9.71 Å². The molecule has 244 valence electrons. The minimum atomic E-state index is -4.83. The number of methoxy groups -OCH3 is 1. The van der Waals surface area contributed by atoms with Crippen molar-refractivity contribution in [3.63, 3.8) is 0 Å². The Hall–Kier alpha value is -4.92. The number of rotatable bonds is 9. The SMILES string of the molecule is COCc1nc2c(C(=O)Nc3cccc(Cl)c3C)cc(NC(=O)c3ccccc3C(F)(F)F)cc2n1OS(=O)(=O)c1ccc(C)cc1. The van der Waals surface area contributed by atoms with Gasteiger partial charge in [-0.1, -0.05) is 47.5 Å². The molecule has 0 atom stereocenters. The predicted octanol–water partition coefficient (Wildman–Crippen LogP) is 6.79. The van der Waals surface area contributed by atoms with Crippen molar-refractivity contribution in [1.29, 1.82) is 0 Å². The van der Waals surface area contributed by atoms with Gasteiger partial charge in [0.25, 0.3) is 11.8 Å². The number of anilines is 2. The Bertz CT molecular complexity index is 2120. The number of benzene rings is 4. The van der Waals surface area contributed by atoms with Crippen molar-refractivity contribution >= 4 is 55.9 Å². The van der Waals surface area contributed by atoms with Crippen molar-refractivity contribution in [2.45, 2.75) is 31.5 Å². The monoisotopic (exact) mass is 686 g/mol. The number of alkyl halides is 3. The van der Waals surface area contributed by atoms with E-state index in [1.165, 1.54) is 37.4 Å². The number of halogens is 4. The van der Waals surface area contributed by atoms with Crippen LogP contribution in [0, 0.1) is 13.8 Å². The molecule has 47 heavy (non-hydrogen) atoms. The molecule has 0 aliphatic heterocycles. The van der Waals surface area contributed by atoms with Crippen LogP contribution in [-0.2, 0) is 27.6 Å². The molecule has 0 spiro atoms. The van der Waals surface area contributed by atoms with Crippen LogP contribution in [0.1, 0.15) is 43.2 Å². The van der Waals surface area contributed by atoms with Crippen molar-refractivity contribution in [3.8, 4) is 0 Å². The van der Waals surface area contributed by atoms with Crippen molar-refractivity contribution < 1.29 is 40.2 Å². The summed E-state index contributed by atoms with van der Waals surface area (Å²) in [5, 5.41) is 5.48. The predicted molar refractivity (Wildman–Crippen MR) is 169 cm³/mol. The van der Waals surface area contributed by atoms with Gasteiger partial charge in [-0.2, -0.15) is 21.6 Å². The summed E-state index contributed by atoms with van der Waals surface area (Å²) in [7, 11) is -3.15. The standard InChI is InChI=1S/C32H26ClF3N4O6S/c1-18-11-13-21(14-12-18)47(43,44)46-40-27-16-20(37-30(41)22-7-4-5-8-24(22)32(34,35)36)15-23(29(27)39-28(40)17-45-3)31(42)38-26-10-6-9-25(33)19(26)2/h4-16H,17H2,1-3H3,(H,37,41)(H,38,42). The topological polar surface area (TPSA) is 129 Å². The molecule has 0 saturated carbocycles. The number of amides is 2. The Labute approximate surface area is 272 Å². The molecule has 10 nitrogen and oxygen atoms in total. The molecule has 0 aliphatic carbocycles. The lowest BCUT2D eigenvalue weighted by atomic mass is 10.1. The van der Waals surface area contributed by atoms with Crippen LogP contribution >= 0.6 is 11.6 Å². The van der Waals surface area contributed by atoms with E-state index < -0.39 is 39.2 Å². The fourth-order valence-electron chi connectivity index (χ4n) is 4.66. The molecule has 5 rings (SSSR count). The smallest absolute Gasteiger partial charge is 0.377 e. The maximum Gasteiger partial charge on any atom is 0.417 e. The summed E-state index contributed by atoms with van der Waals surface area (Å²) >= 11 is 6.22. The second kappa shape index (κ2) is 13.1. The van der Waals surface area contributed by atoms with Gasteiger partial charge in [-0.3, -0.25) is 13.9 Å². The van der Waals surface area contributed by atoms with E-state index in [1.807, 2.05) is 0 Å². The number of nitrogens with zero attached hydrogens (tertiary/aromatic N) is 2. The lowest BCUT2D eigenvalue weighted by molar-refractivity contribution is -0.137. The van der Waals surface area contributed by atoms with Gasteiger partial charge in [-0.15, -0.1) is 4.73 Å². The highest BCUT2D eigenvalue weighted by molar-refractivity contribution is 7.87. The third kappa shape index (κ3) is 7.09. The van der Waals surface area contributed by atoms with E-state index in [9.17, 15) is 31.2 Å². The third-order valence-electron chi connectivity index (χ3n) is 7.04. The van der Waals surface area contributed by atoms with Crippen LogP contribution < -0.4 is 14.9 Å². The van der Waals surface area contributed by atoms with Crippen LogP contribution in [0.25, 0.3) is 11.0 Å². The summed E-state index contributed by atoms with van der Waals surface area (Å²) in [6.07, 6.45) is -4.83. The van der Waals surface area contributed by atoms with Gasteiger partial charge < -0.3 is 15.4 Å². The Balaban J connectivity index is 1.67. The van der Waals surface area contributed by atoms with Crippen LogP contribution in [0.4, 0.5) is 24.5 Å². The molecule has 2 amide bonds. The van der Waals surface area contributed by atoms with Gasteiger partial charge in [0, 0.05) is 23.5 Å². The van der Waals surface area contributed by atoms with E-state index in [2.05, 4.69) is 15.6 Å². The summed E-state index contributed by atoms with van der Waals surface area (Å²) in [5.41, 5.74) is -0.646. The Morgan fingerprint density at radius 2 is 1.60 bits per heavy atom. The Morgan fingerprint density at radius 3 is 2.28 bits per heavy atom. The first-order chi connectivity index (χ1) is 22.2. The molecular formula is C32H26ClF3N4O6S. The van der Waals surface area contributed by atoms with Gasteiger partial charge in [-0.05, 0) is 67.9 Å². The van der Waals surface area contributed by atoms with E-state index in [-0.39, 0.29) is 39.6 Å². The molecule has 1 aromatic heterocycles. The minimum Gasteiger partial charge on any atom is -0.377 e. The lowest BCUT2D eigenvalue weighted by Gasteiger charge is -2.15. The molecule has 0 fully saturated rings. The van der Waals surface area contributed by atoms with E-state index in [0.29, 0.717) is 16.3 Å². The number of aryl methyl sites for hydroxylation is 1. The zero-order valence-electron chi connectivity index (χ0n) is 25.0. The van der Waals surface area contributed by atoms with E-state index in [4.69, 9.17) is 20.6 Å². The highest BCUT2D eigenvalue weighted by Crippen LogP contribution is 2.33. The second-order valence-corrected chi connectivity index (χ2v) is 12.3. The third-order valence-corrected chi connectivity index (χ3v) is 8.64. The minimum absolute atomic E-state index is 0.0537. The van der Waals surface area contributed by atoms with Gasteiger partial charge >= 0.3 is 16.3 Å². The fourth-order valence-corrected chi connectivity index (χ4v) is 5.75. The van der Waals surface area contributed by atoms with Gasteiger partial charge in [0.1, 0.15) is 22.5 Å². The largest absolute Gasteiger partial charge is 0.417 e. The summed E-state index contributed by atoms with van der Waals surface area (Å²) in [5.74, 6) is -1.95. The van der Waals surface area contributed by atoms with E-state index >= 15 is 0 Å². The number of ether oxygens (including phenoxy) is 1. The zero-order chi connectivity index (χ0) is 34.1. The summed E-state index contributed by atoms with van der Waals surface area (Å²) < 4.78 is 79.3. The van der Waals surface area contributed by atoms with Crippen molar-refractivity contribution in [3.05, 3.63) is 118 Å². The van der Waals surface area contributed by atoms with Crippen LogP contribution in [0.15, 0.2) is 83.8 Å². The zero-order valence-corrected chi connectivity index (χ0v) is 26.5. The van der Waals surface area contributed by atoms with Crippen molar-refractivity contribution in [2.24, 2.45) is 0 Å². The first-order valence-corrected chi connectivity index (χ1v) is 15.6. The summed E-state index contributed by atoms with van der Waals surface area (Å²) in [4.78, 5) is 31.2. The number of hydrogen-bond donors (Lipinski definition) is 2. The molecule has 0 radical (unpaired) electrons. The molecule has 15 heteroatoms. The number of carbonyl (C=O) groups is 2. The molecule has 0 bridgehead atoms. The van der Waals surface area contributed by atoms with Crippen molar-refractivity contribution in [2.75, 3.05) is 17.7 Å². The average molecular weight is 687 g/mol. The molecule has 0 aliphatic rings. The molecule has 0 saturated heterocycles. The number of hydrogen-bond acceptors (Lipinski definition) is 7. The number of nitrogens with one attached hydrogen (secondary N) is 2. The summed E-state index contributed by atoms with van der Waals surface area (Å²) in [6.45, 7) is 3.18. The maximum absolute atomic E-state index is 13.7. The normalized spacial score (nSPS) is 11.8. The molecule has 4 aromatic carbocycles. The fraction of sp³-hybridized carbons (Fsp3) is 0.156. The first-order valence-electron chi connectivity index (χ1n) is 13.8. The highest BCUT2D eigenvalue weighted by atomic mass is 35.5. The number of imidazole rings is 1. The second-order valence-electron chi connectivity index (χ2n) is 10.4. The molecule has 1 heterocycles. The molecule has 0 unspecified atom stereocenters. The van der Waals surface area contributed by atoms with Gasteiger partial charge in [0.2, 0.25) is 0 Å². The van der Waals surface area contributed by atoms with Crippen LogP contribution in [0.5, 0.6) is 0 Å². The molecule has 2 N–H and O–H groups in total.